The molecular formula is C39H44N6O6. The second-order valence-electron chi connectivity index (χ2n) is 12.0. The van der Waals surface area contributed by atoms with E-state index in [1.807, 2.05) is 104 Å². The van der Waals surface area contributed by atoms with E-state index in [0.717, 1.165) is 27.8 Å². The Morgan fingerprint density at radius 1 is 0.608 bits per heavy atom. The standard InChI is InChI=1S/C39H44N6O6/c1-27-12-19-32(20-13-27)51-26-38(49)42-24-36(47)44-33(22-29-14-17-31(18-15-29)30-10-6-3-7-11-30)39(50)43-23-35(46)41-25-37(48)45-34(40)21-16-28-8-4-2-5-9-28/h2-15,17-20,33-34H,16,21-26,40H2,1H3,(H,41,46)(H,42,49)(H,43,50)(H,44,47)(H,45,48)/t33-,34-/m1/s1. The van der Waals surface area contributed by atoms with Crippen LogP contribution in [0.2, 0.25) is 0 Å². The lowest BCUT2D eigenvalue weighted by Gasteiger charge is -2.19. The lowest BCUT2D eigenvalue weighted by Crippen LogP contribution is -2.52. The first-order chi connectivity index (χ1) is 24.6. The van der Waals surface area contributed by atoms with Gasteiger partial charge >= 0.3 is 0 Å². The van der Waals surface area contributed by atoms with Gasteiger partial charge in [0, 0.05) is 6.42 Å². The summed E-state index contributed by atoms with van der Waals surface area (Å²) in [6.07, 6.45) is 0.727. The minimum Gasteiger partial charge on any atom is -0.484 e. The van der Waals surface area contributed by atoms with Gasteiger partial charge in [-0.1, -0.05) is 103 Å². The monoisotopic (exact) mass is 692 g/mol. The second kappa shape index (κ2) is 19.9. The molecule has 4 aromatic rings. The van der Waals surface area contributed by atoms with Crippen LogP contribution in [0, 0.1) is 6.92 Å². The molecule has 0 aliphatic carbocycles. The van der Waals surface area contributed by atoms with Crippen molar-refractivity contribution in [1.29, 1.82) is 0 Å². The Kier molecular flexibility index (Phi) is 14.7. The molecule has 51 heavy (non-hydrogen) atoms. The van der Waals surface area contributed by atoms with Gasteiger partial charge in [-0.3, -0.25) is 24.0 Å². The van der Waals surface area contributed by atoms with Gasteiger partial charge in [0.15, 0.2) is 6.61 Å². The van der Waals surface area contributed by atoms with Crippen molar-refractivity contribution in [2.75, 3.05) is 26.2 Å². The van der Waals surface area contributed by atoms with Crippen molar-refractivity contribution in [1.82, 2.24) is 26.6 Å². The summed E-state index contributed by atoms with van der Waals surface area (Å²) in [5.41, 5.74) is 10.9. The molecule has 5 amide bonds. The van der Waals surface area contributed by atoms with Crippen LogP contribution in [0.5, 0.6) is 5.75 Å². The van der Waals surface area contributed by atoms with Crippen LogP contribution in [0.25, 0.3) is 11.1 Å². The third-order valence-corrected chi connectivity index (χ3v) is 7.79. The fourth-order valence-electron chi connectivity index (χ4n) is 5.00. The Bertz CT molecular complexity index is 1730. The van der Waals surface area contributed by atoms with E-state index < -0.39 is 54.8 Å². The first kappa shape index (κ1) is 37.8. The summed E-state index contributed by atoms with van der Waals surface area (Å²) in [7, 11) is 0. The molecule has 0 saturated heterocycles. The molecule has 0 aliphatic rings. The van der Waals surface area contributed by atoms with Crippen molar-refractivity contribution in [3.8, 4) is 16.9 Å². The Hall–Kier alpha value is -6.01. The number of rotatable bonds is 18. The molecule has 4 rings (SSSR count). The third kappa shape index (κ3) is 13.8. The van der Waals surface area contributed by atoms with Gasteiger partial charge in [0.1, 0.15) is 11.8 Å². The number of nitrogens with one attached hydrogen (secondary N) is 5. The maximum absolute atomic E-state index is 13.3. The summed E-state index contributed by atoms with van der Waals surface area (Å²) in [4.78, 5) is 63.2. The molecule has 0 aliphatic heterocycles. The minimum absolute atomic E-state index is 0.113. The first-order valence-electron chi connectivity index (χ1n) is 16.7. The molecule has 7 N–H and O–H groups in total. The van der Waals surface area contributed by atoms with Gasteiger partial charge in [-0.05, 0) is 54.2 Å². The number of nitrogens with two attached hydrogens (primary N) is 1. The molecule has 12 nitrogen and oxygen atoms in total. The maximum Gasteiger partial charge on any atom is 0.258 e. The highest BCUT2D eigenvalue weighted by Crippen LogP contribution is 2.20. The fraction of sp³-hybridized carbons (Fsp3) is 0.256. The van der Waals surface area contributed by atoms with Gasteiger partial charge in [-0.15, -0.1) is 0 Å². The maximum atomic E-state index is 13.3. The van der Waals surface area contributed by atoms with E-state index in [-0.39, 0.29) is 19.6 Å². The number of amides is 5. The van der Waals surface area contributed by atoms with Crippen molar-refractivity contribution >= 4 is 29.5 Å². The lowest BCUT2D eigenvalue weighted by atomic mass is 10.00. The van der Waals surface area contributed by atoms with Crippen LogP contribution in [-0.4, -0.2) is 68.0 Å². The predicted octanol–water partition coefficient (Wildman–Crippen LogP) is 2.15. The topological polar surface area (TPSA) is 181 Å². The summed E-state index contributed by atoms with van der Waals surface area (Å²) in [5, 5.41) is 12.8. The SMILES string of the molecule is Cc1ccc(OCC(=O)NCC(=O)N[C@H](Cc2ccc(-c3ccccc3)cc2)C(=O)NCC(=O)NCC(=O)N[C@@H](N)CCc2ccccc2)cc1. The van der Waals surface area contributed by atoms with Crippen LogP contribution >= 0.6 is 0 Å². The van der Waals surface area contributed by atoms with Crippen molar-refractivity contribution < 1.29 is 28.7 Å². The van der Waals surface area contributed by atoms with Crippen LogP contribution in [0.15, 0.2) is 109 Å². The van der Waals surface area contributed by atoms with E-state index in [4.69, 9.17) is 10.5 Å². The Morgan fingerprint density at radius 2 is 1.18 bits per heavy atom. The number of carbonyl (C=O) groups excluding carboxylic acids is 5. The van der Waals surface area contributed by atoms with E-state index >= 15 is 0 Å². The van der Waals surface area contributed by atoms with Crippen molar-refractivity contribution in [2.24, 2.45) is 5.73 Å². The van der Waals surface area contributed by atoms with E-state index in [2.05, 4.69) is 26.6 Å². The van der Waals surface area contributed by atoms with Gasteiger partial charge < -0.3 is 37.1 Å². The average molecular weight is 693 g/mol. The van der Waals surface area contributed by atoms with E-state index in [9.17, 15) is 24.0 Å². The molecule has 12 heteroatoms. The van der Waals surface area contributed by atoms with Crippen molar-refractivity contribution in [2.45, 2.75) is 38.4 Å². The van der Waals surface area contributed by atoms with Gasteiger partial charge in [-0.25, -0.2) is 0 Å². The Labute approximate surface area is 297 Å². The van der Waals surface area contributed by atoms with Crippen molar-refractivity contribution in [3.63, 3.8) is 0 Å². The molecule has 0 aromatic heterocycles. The Balaban J connectivity index is 1.26. The van der Waals surface area contributed by atoms with Gasteiger partial charge in [0.05, 0.1) is 25.8 Å². The second-order valence-corrected chi connectivity index (χ2v) is 12.0. The number of hydrogen-bond donors (Lipinski definition) is 6. The van der Waals surface area contributed by atoms with E-state index in [0.29, 0.717) is 18.6 Å². The average Bonchev–Trinajstić information content (AvgIpc) is 3.15. The van der Waals surface area contributed by atoms with Gasteiger partial charge in [0.25, 0.3) is 5.91 Å². The third-order valence-electron chi connectivity index (χ3n) is 7.79. The Morgan fingerprint density at radius 3 is 1.84 bits per heavy atom. The normalized spacial score (nSPS) is 11.7. The molecule has 0 unspecified atom stereocenters. The van der Waals surface area contributed by atoms with Gasteiger partial charge in [-0.2, -0.15) is 0 Å². The number of benzene rings is 4. The number of carbonyl (C=O) groups is 5. The number of aryl methyl sites for hydroxylation is 2. The molecule has 4 aromatic carbocycles. The summed E-state index contributed by atoms with van der Waals surface area (Å²) < 4.78 is 5.45. The van der Waals surface area contributed by atoms with Crippen molar-refractivity contribution in [3.05, 3.63) is 126 Å². The largest absolute Gasteiger partial charge is 0.484 e. The molecule has 266 valence electrons. The van der Waals surface area contributed by atoms with Crippen LogP contribution in [0.4, 0.5) is 0 Å². The minimum atomic E-state index is -1.07. The zero-order valence-corrected chi connectivity index (χ0v) is 28.5. The van der Waals surface area contributed by atoms with E-state index in [1.54, 1.807) is 12.1 Å². The summed E-state index contributed by atoms with van der Waals surface area (Å²) >= 11 is 0. The summed E-state index contributed by atoms with van der Waals surface area (Å²) in [6.45, 7) is 0.495. The molecule has 0 radical (unpaired) electrons. The fourth-order valence-corrected chi connectivity index (χ4v) is 5.00. The molecule has 0 spiro atoms. The number of hydrogen-bond acceptors (Lipinski definition) is 7. The van der Waals surface area contributed by atoms with Crippen LogP contribution in [0.3, 0.4) is 0 Å². The van der Waals surface area contributed by atoms with Crippen LogP contribution < -0.4 is 37.1 Å². The van der Waals surface area contributed by atoms with E-state index in [1.165, 1.54) is 0 Å². The highest BCUT2D eigenvalue weighted by atomic mass is 16.5. The lowest BCUT2D eigenvalue weighted by molar-refractivity contribution is -0.131. The molecule has 0 fully saturated rings. The zero-order valence-electron chi connectivity index (χ0n) is 28.5. The molecule has 2 atom stereocenters. The quantitative estimate of drug-likeness (QED) is 0.0865. The predicted molar refractivity (Wildman–Crippen MR) is 194 cm³/mol. The summed E-state index contributed by atoms with van der Waals surface area (Å²) in [5.74, 6) is -2.29. The molecule has 0 heterocycles. The molecule has 0 bridgehead atoms. The zero-order chi connectivity index (χ0) is 36.4. The first-order valence-corrected chi connectivity index (χ1v) is 16.7. The smallest absolute Gasteiger partial charge is 0.258 e. The van der Waals surface area contributed by atoms with Crippen LogP contribution in [0.1, 0.15) is 23.1 Å². The highest BCUT2D eigenvalue weighted by Gasteiger charge is 2.22. The molecule has 0 saturated carbocycles. The van der Waals surface area contributed by atoms with Crippen LogP contribution in [-0.2, 0) is 36.8 Å². The van der Waals surface area contributed by atoms with Gasteiger partial charge in [0.2, 0.25) is 23.6 Å². The highest BCUT2D eigenvalue weighted by molar-refractivity contribution is 5.93. The summed E-state index contributed by atoms with van der Waals surface area (Å²) in [6, 6.07) is 33.2. The molecular weight excluding hydrogens is 648 g/mol. The number of ether oxygens (including phenoxy) is 1.